The number of benzene rings is 1. The van der Waals surface area contributed by atoms with Gasteiger partial charge in [0, 0.05) is 5.56 Å². The molecule has 1 amide bonds. The van der Waals surface area contributed by atoms with Crippen LogP contribution in [0.4, 0.5) is 35.9 Å². The maximum absolute atomic E-state index is 13.5. The van der Waals surface area contributed by atoms with E-state index in [1.54, 1.807) is 19.1 Å². The molecule has 1 heterocycles. The lowest BCUT2D eigenvalue weighted by atomic mass is 10.1. The Morgan fingerprint density at radius 2 is 1.56 bits per heavy atom. The fourth-order valence-electron chi connectivity index (χ4n) is 1.59. The van der Waals surface area contributed by atoms with Crippen molar-refractivity contribution in [3.63, 3.8) is 0 Å². The summed E-state index contributed by atoms with van der Waals surface area (Å²) >= 11 is -0.275. The van der Waals surface area contributed by atoms with Crippen molar-refractivity contribution in [2.24, 2.45) is 0 Å². The Hall–Kier alpha value is -2.24. The van der Waals surface area contributed by atoms with Crippen molar-refractivity contribution in [3.8, 4) is 0 Å². The van der Waals surface area contributed by atoms with Gasteiger partial charge in [0.25, 0.3) is 5.91 Å². The van der Waals surface area contributed by atoms with Crippen LogP contribution in [0.15, 0.2) is 24.3 Å². The van der Waals surface area contributed by atoms with Crippen LogP contribution in [-0.2, 0) is 5.92 Å². The zero-order valence-electron chi connectivity index (χ0n) is 12.2. The highest BCUT2D eigenvalue weighted by molar-refractivity contribution is 7.15. The number of rotatable bonds is 4. The van der Waals surface area contributed by atoms with Crippen molar-refractivity contribution in [1.29, 1.82) is 0 Å². The van der Waals surface area contributed by atoms with Crippen molar-refractivity contribution in [3.05, 3.63) is 40.4 Å². The van der Waals surface area contributed by atoms with Crippen LogP contribution in [0.2, 0.25) is 0 Å². The van der Waals surface area contributed by atoms with Gasteiger partial charge in [0.05, 0.1) is 0 Å². The molecule has 1 aromatic heterocycles. The second-order valence-electron chi connectivity index (χ2n) is 4.88. The summed E-state index contributed by atoms with van der Waals surface area (Å²) in [5.74, 6) is -12.8. The first-order valence-corrected chi connectivity index (χ1v) is 7.22. The largest absolute Gasteiger partial charge is 0.460 e. The molecule has 0 aliphatic carbocycles. The van der Waals surface area contributed by atoms with Crippen LogP contribution < -0.4 is 5.32 Å². The minimum Gasteiger partial charge on any atom is -0.296 e. The first-order valence-electron chi connectivity index (χ1n) is 6.40. The van der Waals surface area contributed by atoms with E-state index in [9.17, 15) is 35.5 Å². The van der Waals surface area contributed by atoms with Gasteiger partial charge < -0.3 is 0 Å². The van der Waals surface area contributed by atoms with Gasteiger partial charge in [-0.05, 0) is 19.1 Å². The molecule has 25 heavy (non-hydrogen) atoms. The van der Waals surface area contributed by atoms with E-state index in [0.717, 1.165) is 5.56 Å². The van der Waals surface area contributed by atoms with Gasteiger partial charge in [-0.15, -0.1) is 10.2 Å². The van der Waals surface area contributed by atoms with E-state index in [2.05, 4.69) is 10.2 Å². The highest BCUT2D eigenvalue weighted by atomic mass is 32.1. The van der Waals surface area contributed by atoms with E-state index in [0.29, 0.717) is 0 Å². The van der Waals surface area contributed by atoms with Crippen molar-refractivity contribution >= 4 is 22.4 Å². The molecule has 0 spiro atoms. The summed E-state index contributed by atoms with van der Waals surface area (Å²) in [5.41, 5.74) is 0.943. The number of alkyl halides is 7. The molecule has 12 heteroatoms. The standard InChI is InChI=1S/C13H8F7N3OS/c1-6-2-4-7(5-3-6)8(24)21-10-23-22-9(25-10)11(14,15)12(16,17)13(18,19)20/h2-5H,1H3,(H,21,23,24). The molecule has 2 aromatic rings. The van der Waals surface area contributed by atoms with Crippen LogP contribution >= 0.6 is 11.3 Å². The van der Waals surface area contributed by atoms with Gasteiger partial charge in [-0.3, -0.25) is 10.1 Å². The number of carbonyl (C=O) groups excluding carboxylic acids is 1. The topological polar surface area (TPSA) is 54.9 Å². The van der Waals surface area contributed by atoms with E-state index in [1.807, 2.05) is 5.32 Å². The van der Waals surface area contributed by atoms with Crippen molar-refractivity contribution in [1.82, 2.24) is 10.2 Å². The van der Waals surface area contributed by atoms with Crippen molar-refractivity contribution < 1.29 is 35.5 Å². The van der Waals surface area contributed by atoms with E-state index in [4.69, 9.17) is 0 Å². The normalized spacial score (nSPS) is 13.0. The molecule has 2 rings (SSSR count). The van der Waals surface area contributed by atoms with Gasteiger partial charge in [0.1, 0.15) is 0 Å². The molecule has 0 aliphatic heterocycles. The van der Waals surface area contributed by atoms with Crippen LogP contribution in [0.1, 0.15) is 20.9 Å². The van der Waals surface area contributed by atoms with Gasteiger partial charge >= 0.3 is 18.0 Å². The smallest absolute Gasteiger partial charge is 0.296 e. The Kier molecular flexibility index (Phi) is 4.77. The summed E-state index contributed by atoms with van der Waals surface area (Å²) in [6.45, 7) is 1.75. The quantitative estimate of drug-likeness (QED) is 0.792. The molecule has 1 N–H and O–H groups in total. The lowest BCUT2D eigenvalue weighted by Gasteiger charge is -2.25. The monoisotopic (exact) mass is 387 g/mol. The van der Waals surface area contributed by atoms with Gasteiger partial charge in [-0.25, -0.2) is 0 Å². The molecule has 0 aliphatic rings. The van der Waals surface area contributed by atoms with Crippen LogP contribution in [0.25, 0.3) is 0 Å². The Morgan fingerprint density at radius 1 is 1.00 bits per heavy atom. The predicted molar refractivity (Wildman–Crippen MR) is 73.9 cm³/mol. The van der Waals surface area contributed by atoms with Gasteiger partial charge in [0.2, 0.25) is 5.13 Å². The fourth-order valence-corrected chi connectivity index (χ4v) is 2.33. The summed E-state index contributed by atoms with van der Waals surface area (Å²) in [5, 5.41) is 5.17. The maximum Gasteiger partial charge on any atom is 0.460 e. The van der Waals surface area contributed by atoms with E-state index in [1.165, 1.54) is 12.1 Å². The number of halogens is 7. The molecule has 136 valence electrons. The number of carbonyl (C=O) groups is 1. The molecule has 4 nitrogen and oxygen atoms in total. The van der Waals surface area contributed by atoms with Gasteiger partial charge in [-0.2, -0.15) is 30.7 Å². The number of nitrogens with zero attached hydrogens (tertiary/aromatic N) is 2. The number of anilines is 1. The summed E-state index contributed by atoms with van der Waals surface area (Å²) in [4.78, 5) is 11.9. The molecule has 0 fully saturated rings. The molecule has 0 saturated heterocycles. The number of hydrogen-bond donors (Lipinski definition) is 1. The first-order chi connectivity index (χ1) is 11.4. The van der Waals surface area contributed by atoms with Crippen LogP contribution in [0, 0.1) is 6.92 Å². The average molecular weight is 387 g/mol. The Morgan fingerprint density at radius 3 is 2.08 bits per heavy atom. The number of aromatic nitrogens is 2. The molecule has 0 atom stereocenters. The molecule has 0 unspecified atom stereocenters. The third kappa shape index (κ3) is 3.57. The molecule has 1 aromatic carbocycles. The minimum atomic E-state index is -6.48. The maximum atomic E-state index is 13.5. The third-order valence-corrected chi connectivity index (χ3v) is 3.89. The predicted octanol–water partition coefficient (Wildman–Crippen LogP) is 4.39. The zero-order valence-corrected chi connectivity index (χ0v) is 13.0. The van der Waals surface area contributed by atoms with Crippen LogP contribution in [-0.4, -0.2) is 28.2 Å². The SMILES string of the molecule is Cc1ccc(C(=O)Nc2nnc(C(F)(F)C(F)(F)C(F)(F)F)s2)cc1. The average Bonchev–Trinajstić information content (AvgIpc) is 2.95. The Labute approximate surface area is 139 Å². The lowest BCUT2D eigenvalue weighted by molar-refractivity contribution is -0.359. The zero-order chi connectivity index (χ0) is 19.0. The molecular formula is C13H8F7N3OS. The number of nitrogens with one attached hydrogen (secondary N) is 1. The summed E-state index contributed by atoms with van der Waals surface area (Å²) < 4.78 is 89.3. The first kappa shape index (κ1) is 19.1. The highest BCUT2D eigenvalue weighted by Gasteiger charge is 2.75. The molecular weight excluding hydrogens is 379 g/mol. The van der Waals surface area contributed by atoms with E-state index in [-0.39, 0.29) is 16.9 Å². The fraction of sp³-hybridized carbons (Fsp3) is 0.308. The highest BCUT2D eigenvalue weighted by Crippen LogP contribution is 2.52. The summed E-state index contributed by atoms with van der Waals surface area (Å²) in [6.07, 6.45) is -6.48. The second kappa shape index (κ2) is 6.24. The number of aryl methyl sites for hydroxylation is 1. The Balaban J connectivity index is 2.22. The second-order valence-corrected chi connectivity index (χ2v) is 5.86. The molecule has 0 bridgehead atoms. The van der Waals surface area contributed by atoms with E-state index < -0.39 is 34.1 Å². The number of hydrogen-bond acceptors (Lipinski definition) is 4. The van der Waals surface area contributed by atoms with Crippen molar-refractivity contribution in [2.45, 2.75) is 24.9 Å². The van der Waals surface area contributed by atoms with Crippen LogP contribution in [0.3, 0.4) is 0 Å². The van der Waals surface area contributed by atoms with Crippen LogP contribution in [0.5, 0.6) is 0 Å². The molecule has 0 radical (unpaired) electrons. The van der Waals surface area contributed by atoms with Gasteiger partial charge in [-0.1, -0.05) is 29.0 Å². The van der Waals surface area contributed by atoms with Crippen molar-refractivity contribution in [2.75, 3.05) is 5.32 Å². The third-order valence-electron chi connectivity index (χ3n) is 2.98. The van der Waals surface area contributed by atoms with E-state index >= 15 is 0 Å². The minimum absolute atomic E-state index is 0.106. The Bertz CT molecular complexity index is 771. The summed E-state index contributed by atoms with van der Waals surface area (Å²) in [7, 11) is 0. The summed E-state index contributed by atoms with van der Waals surface area (Å²) in [6, 6.07) is 5.97. The number of amides is 1. The lowest BCUT2D eigenvalue weighted by Crippen LogP contribution is -2.50. The van der Waals surface area contributed by atoms with Gasteiger partial charge in [0.15, 0.2) is 5.01 Å². The molecule has 0 saturated carbocycles.